The molecule has 7 nitrogen and oxygen atoms in total. The molecule has 7 heteroatoms. The van der Waals surface area contributed by atoms with E-state index in [9.17, 15) is 4.79 Å². The van der Waals surface area contributed by atoms with Crippen LogP contribution in [-0.2, 0) is 16.6 Å². The second-order valence-electron chi connectivity index (χ2n) is 5.93. The summed E-state index contributed by atoms with van der Waals surface area (Å²) in [5, 5.41) is 8.55. The van der Waals surface area contributed by atoms with Gasteiger partial charge in [-0.05, 0) is 24.5 Å². The summed E-state index contributed by atoms with van der Waals surface area (Å²) in [6.07, 6.45) is 10.7. The number of allylic oxidation sites excluding steroid dienone is 2. The van der Waals surface area contributed by atoms with Crippen molar-refractivity contribution in [2.24, 2.45) is 13.0 Å². The van der Waals surface area contributed by atoms with Crippen LogP contribution in [0.2, 0.25) is 0 Å². The molecule has 0 saturated carbocycles. The molecular weight excluding hydrogens is 306 g/mol. The van der Waals surface area contributed by atoms with Crippen LogP contribution < -0.4 is 0 Å². The summed E-state index contributed by atoms with van der Waals surface area (Å²) in [6, 6.07) is 1.93. The Balaban J connectivity index is 1.78. The molecular formula is C17H17N5O2. The molecule has 0 aromatic carbocycles. The fourth-order valence-electron chi connectivity index (χ4n) is 3.11. The first-order valence-electron chi connectivity index (χ1n) is 7.76. The van der Waals surface area contributed by atoms with Crippen LogP contribution in [-0.4, -0.2) is 37.5 Å². The number of aromatic nitrogens is 5. The Morgan fingerprint density at radius 2 is 2.21 bits per heavy atom. The van der Waals surface area contributed by atoms with E-state index >= 15 is 0 Å². The molecule has 0 N–H and O–H groups in total. The summed E-state index contributed by atoms with van der Waals surface area (Å²) in [7, 11) is 3.30. The summed E-state index contributed by atoms with van der Waals surface area (Å²) < 4.78 is 8.42. The van der Waals surface area contributed by atoms with E-state index in [0.29, 0.717) is 12.8 Å². The van der Waals surface area contributed by atoms with Gasteiger partial charge in [0.15, 0.2) is 0 Å². The molecule has 0 amide bonds. The Kier molecular flexibility index (Phi) is 3.41. The van der Waals surface area contributed by atoms with Gasteiger partial charge in [0.1, 0.15) is 0 Å². The Bertz CT molecular complexity index is 953. The maximum Gasteiger partial charge on any atom is 0.309 e. The van der Waals surface area contributed by atoms with Gasteiger partial charge < -0.3 is 4.74 Å². The van der Waals surface area contributed by atoms with Gasteiger partial charge in [-0.15, -0.1) is 0 Å². The number of esters is 1. The SMILES string of the molecule is COC(=O)C1CC=C(c2nc(-c3cnn(C)c3)cn3nccc23)C1. The van der Waals surface area contributed by atoms with Crippen molar-refractivity contribution in [3.05, 3.63) is 42.6 Å². The monoisotopic (exact) mass is 323 g/mol. The molecule has 1 aliphatic carbocycles. The molecule has 122 valence electrons. The van der Waals surface area contributed by atoms with Crippen molar-refractivity contribution >= 4 is 17.1 Å². The number of ether oxygens (including phenoxy) is 1. The number of carbonyl (C=O) groups is 1. The predicted octanol–water partition coefficient (Wildman–Crippen LogP) is 2.10. The zero-order valence-electron chi connectivity index (χ0n) is 13.5. The molecule has 0 fully saturated rings. The molecule has 3 heterocycles. The lowest BCUT2D eigenvalue weighted by Gasteiger charge is -2.10. The Morgan fingerprint density at radius 3 is 2.96 bits per heavy atom. The van der Waals surface area contributed by atoms with Crippen LogP contribution in [0.25, 0.3) is 22.3 Å². The largest absolute Gasteiger partial charge is 0.469 e. The quantitative estimate of drug-likeness (QED) is 0.690. The van der Waals surface area contributed by atoms with Crippen LogP contribution >= 0.6 is 0 Å². The van der Waals surface area contributed by atoms with Crippen LogP contribution in [0.4, 0.5) is 0 Å². The Hall–Kier alpha value is -2.96. The van der Waals surface area contributed by atoms with Gasteiger partial charge in [-0.1, -0.05) is 6.08 Å². The van der Waals surface area contributed by atoms with Crippen molar-refractivity contribution in [1.29, 1.82) is 0 Å². The molecule has 0 radical (unpaired) electrons. The summed E-state index contributed by atoms with van der Waals surface area (Å²) in [5.41, 5.74) is 4.58. The number of hydrogen-bond donors (Lipinski definition) is 0. The fourth-order valence-corrected chi connectivity index (χ4v) is 3.11. The van der Waals surface area contributed by atoms with E-state index in [-0.39, 0.29) is 11.9 Å². The van der Waals surface area contributed by atoms with E-state index < -0.39 is 0 Å². The van der Waals surface area contributed by atoms with E-state index in [4.69, 9.17) is 9.72 Å². The number of hydrogen-bond acceptors (Lipinski definition) is 5. The second-order valence-corrected chi connectivity index (χ2v) is 5.93. The molecule has 4 rings (SSSR count). The summed E-state index contributed by atoms with van der Waals surface area (Å²) in [5.74, 6) is -0.300. The van der Waals surface area contributed by atoms with Gasteiger partial charge in [-0.25, -0.2) is 9.50 Å². The first-order chi connectivity index (χ1) is 11.7. The van der Waals surface area contributed by atoms with Crippen LogP contribution in [0.1, 0.15) is 18.5 Å². The molecule has 1 atom stereocenters. The molecule has 0 saturated heterocycles. The highest BCUT2D eigenvalue weighted by atomic mass is 16.5. The average molecular weight is 323 g/mol. The normalized spacial score (nSPS) is 17.2. The van der Waals surface area contributed by atoms with Crippen LogP contribution in [0, 0.1) is 5.92 Å². The lowest BCUT2D eigenvalue weighted by molar-refractivity contribution is -0.144. The first-order valence-corrected chi connectivity index (χ1v) is 7.76. The van der Waals surface area contributed by atoms with Gasteiger partial charge in [-0.2, -0.15) is 10.2 Å². The molecule has 24 heavy (non-hydrogen) atoms. The molecule has 0 spiro atoms. The Labute approximate surface area is 138 Å². The van der Waals surface area contributed by atoms with Crippen molar-refractivity contribution in [3.63, 3.8) is 0 Å². The fraction of sp³-hybridized carbons (Fsp3) is 0.294. The molecule has 3 aromatic rings. The van der Waals surface area contributed by atoms with Crippen molar-refractivity contribution in [2.45, 2.75) is 12.8 Å². The average Bonchev–Trinajstić information content (AvgIpc) is 3.32. The third-order valence-electron chi connectivity index (χ3n) is 4.34. The lowest BCUT2D eigenvalue weighted by Crippen LogP contribution is -2.13. The maximum atomic E-state index is 11.8. The summed E-state index contributed by atoms with van der Waals surface area (Å²) >= 11 is 0. The van der Waals surface area contributed by atoms with Gasteiger partial charge in [0.2, 0.25) is 0 Å². The van der Waals surface area contributed by atoms with E-state index in [1.54, 1.807) is 17.1 Å². The molecule has 1 unspecified atom stereocenters. The predicted molar refractivity (Wildman–Crippen MR) is 87.9 cm³/mol. The highest BCUT2D eigenvalue weighted by molar-refractivity contribution is 5.83. The van der Waals surface area contributed by atoms with Gasteiger partial charge >= 0.3 is 5.97 Å². The second kappa shape index (κ2) is 5.59. The number of nitrogens with zero attached hydrogens (tertiary/aromatic N) is 5. The van der Waals surface area contributed by atoms with E-state index in [0.717, 1.165) is 28.0 Å². The minimum Gasteiger partial charge on any atom is -0.469 e. The number of carbonyl (C=O) groups excluding carboxylic acids is 1. The summed E-state index contributed by atoms with van der Waals surface area (Å²) in [6.45, 7) is 0. The van der Waals surface area contributed by atoms with Crippen LogP contribution in [0.15, 0.2) is 36.9 Å². The van der Waals surface area contributed by atoms with Gasteiger partial charge in [-0.3, -0.25) is 9.48 Å². The van der Waals surface area contributed by atoms with Gasteiger partial charge in [0.25, 0.3) is 0 Å². The van der Waals surface area contributed by atoms with E-state index in [2.05, 4.69) is 16.3 Å². The maximum absolute atomic E-state index is 11.8. The number of aryl methyl sites for hydroxylation is 1. The highest BCUT2D eigenvalue weighted by Crippen LogP contribution is 2.34. The van der Waals surface area contributed by atoms with E-state index in [1.165, 1.54) is 7.11 Å². The minimum atomic E-state index is -0.172. The zero-order valence-corrected chi connectivity index (χ0v) is 13.5. The third kappa shape index (κ3) is 2.38. The first kappa shape index (κ1) is 14.6. The highest BCUT2D eigenvalue weighted by Gasteiger charge is 2.27. The molecule has 1 aliphatic rings. The zero-order chi connectivity index (χ0) is 16.7. The number of rotatable bonds is 3. The Morgan fingerprint density at radius 1 is 1.33 bits per heavy atom. The standard InChI is InChI=1S/C17H17N5O2/c1-21-9-13(8-19-21)14-10-22-15(5-6-18-22)16(20-14)11-3-4-12(7-11)17(23)24-2/h3,5-6,8-10,12H,4,7H2,1-2H3. The topological polar surface area (TPSA) is 74.3 Å². The molecule has 0 bridgehead atoms. The van der Waals surface area contributed by atoms with Crippen molar-refractivity contribution < 1.29 is 9.53 Å². The van der Waals surface area contributed by atoms with Crippen LogP contribution in [0.3, 0.4) is 0 Å². The van der Waals surface area contributed by atoms with Crippen LogP contribution in [0.5, 0.6) is 0 Å². The summed E-state index contributed by atoms with van der Waals surface area (Å²) in [4.78, 5) is 16.6. The van der Waals surface area contributed by atoms with Crippen molar-refractivity contribution in [3.8, 4) is 11.3 Å². The number of fused-ring (bicyclic) bond motifs is 1. The third-order valence-corrected chi connectivity index (χ3v) is 4.34. The molecule has 3 aromatic heterocycles. The van der Waals surface area contributed by atoms with Gasteiger partial charge in [0, 0.05) is 18.8 Å². The van der Waals surface area contributed by atoms with Crippen molar-refractivity contribution in [2.75, 3.05) is 7.11 Å². The van der Waals surface area contributed by atoms with Crippen molar-refractivity contribution in [1.82, 2.24) is 24.4 Å². The molecule has 0 aliphatic heterocycles. The lowest BCUT2D eigenvalue weighted by atomic mass is 10.0. The van der Waals surface area contributed by atoms with Gasteiger partial charge in [0.05, 0.1) is 48.5 Å². The smallest absolute Gasteiger partial charge is 0.309 e. The minimum absolute atomic E-state index is 0.128. The number of methoxy groups -OCH3 is 1. The van der Waals surface area contributed by atoms with E-state index in [1.807, 2.05) is 30.0 Å².